The molecule has 0 aliphatic rings. The molecule has 0 spiro atoms. The lowest BCUT2D eigenvalue weighted by Gasteiger charge is -2.13. The maximum absolute atomic E-state index is 11.1. The number of nitrogens with two attached hydrogens (primary N) is 1. The Kier molecular flexibility index (Phi) is 4.41. The molecule has 0 saturated carbocycles. The molecule has 1 aromatic carbocycles. The molecule has 0 aromatic heterocycles. The molecule has 1 rings (SSSR count). The molecule has 0 saturated heterocycles. The van der Waals surface area contributed by atoms with Crippen LogP contribution in [0.1, 0.15) is 5.56 Å². The van der Waals surface area contributed by atoms with Gasteiger partial charge in [-0.05, 0) is 12.0 Å². The molecular weight excluding hydrogens is 216 g/mol. The zero-order valence-electron chi connectivity index (χ0n) is 7.88. The van der Waals surface area contributed by atoms with E-state index in [1.54, 1.807) is 4.72 Å². The second kappa shape index (κ2) is 5.59. The largest absolute Gasteiger partial charge is 0.755 e. The summed E-state index contributed by atoms with van der Waals surface area (Å²) in [4.78, 5) is 11.1. The Morgan fingerprint density at radius 1 is 1.47 bits per heavy atom. The first-order valence-corrected chi connectivity index (χ1v) is 5.36. The first kappa shape index (κ1) is 11.8. The number of rotatable bonds is 4. The van der Waals surface area contributed by atoms with Crippen molar-refractivity contribution in [1.29, 1.82) is 0 Å². The van der Waals surface area contributed by atoms with Gasteiger partial charge in [0.05, 0.1) is 6.04 Å². The first-order valence-electron chi connectivity index (χ1n) is 4.29. The summed E-state index contributed by atoms with van der Waals surface area (Å²) in [5.41, 5.74) is 6.40. The molecule has 2 atom stereocenters. The number of nitrogens with one attached hydrogen (secondary N) is 1. The normalized spacial score (nSPS) is 14.3. The molecule has 0 radical (unpaired) electrons. The predicted molar refractivity (Wildman–Crippen MR) is 55.2 cm³/mol. The van der Waals surface area contributed by atoms with E-state index in [1.165, 1.54) is 0 Å². The Morgan fingerprint density at radius 2 is 2.07 bits per heavy atom. The molecule has 0 aliphatic heterocycles. The van der Waals surface area contributed by atoms with E-state index in [4.69, 9.17) is 5.73 Å². The van der Waals surface area contributed by atoms with Crippen LogP contribution in [0.3, 0.4) is 0 Å². The summed E-state index contributed by atoms with van der Waals surface area (Å²) in [6.45, 7) is 0. The van der Waals surface area contributed by atoms with Crippen LogP contribution in [0.15, 0.2) is 30.3 Å². The summed E-state index contributed by atoms with van der Waals surface area (Å²) in [5.74, 6) is -0.702. The molecule has 5 nitrogen and oxygen atoms in total. The minimum atomic E-state index is -2.60. The van der Waals surface area contributed by atoms with Gasteiger partial charge in [-0.15, -0.1) is 0 Å². The summed E-state index contributed by atoms with van der Waals surface area (Å²) in [6, 6.07) is 8.28. The number of hydrogen-bond donors (Lipinski definition) is 2. The average Bonchev–Trinajstić information content (AvgIpc) is 2.18. The predicted octanol–water partition coefficient (Wildman–Crippen LogP) is -0.533. The third-order valence-corrected chi connectivity index (χ3v) is 2.19. The van der Waals surface area contributed by atoms with Crippen molar-refractivity contribution in [1.82, 2.24) is 4.72 Å². The second-order valence-corrected chi connectivity index (χ2v) is 3.67. The highest BCUT2D eigenvalue weighted by atomic mass is 32.2. The number of hydrogen-bond acceptors (Lipinski definition) is 4. The fraction of sp³-hybridized carbons (Fsp3) is 0.222. The molecule has 0 aliphatic carbocycles. The van der Waals surface area contributed by atoms with Gasteiger partial charge in [-0.2, -0.15) is 0 Å². The number of carbonyl (C=O) groups excluding carboxylic acids is 1. The standard InChI is InChI=1S/C9H12N2O3S/c10-8(9(12)11-15(13)14)6-7-4-2-1-3-5-7/h1-5,8H,6,10H2,(H,11,12)(H,13,14)/p-1. The molecule has 1 aromatic rings. The lowest BCUT2D eigenvalue weighted by Crippen LogP contribution is -2.42. The molecule has 6 heteroatoms. The van der Waals surface area contributed by atoms with Crippen LogP contribution in [0.2, 0.25) is 0 Å². The second-order valence-electron chi connectivity index (χ2n) is 3.00. The van der Waals surface area contributed by atoms with E-state index in [0.717, 1.165) is 5.56 Å². The zero-order chi connectivity index (χ0) is 11.3. The number of carbonyl (C=O) groups is 1. The summed E-state index contributed by atoms with van der Waals surface area (Å²) >= 11 is -2.60. The van der Waals surface area contributed by atoms with Crippen LogP contribution in [-0.2, 0) is 22.5 Å². The maximum atomic E-state index is 11.1. The van der Waals surface area contributed by atoms with Crippen LogP contribution in [0.25, 0.3) is 0 Å². The Bertz CT molecular complexity index is 356. The summed E-state index contributed by atoms with van der Waals surface area (Å²) in [5, 5.41) is 0. The lowest BCUT2D eigenvalue weighted by molar-refractivity contribution is -0.120. The maximum Gasteiger partial charge on any atom is 0.248 e. The van der Waals surface area contributed by atoms with Crippen molar-refractivity contribution in [2.24, 2.45) is 5.73 Å². The molecule has 82 valence electrons. The third-order valence-electron chi connectivity index (χ3n) is 1.82. The van der Waals surface area contributed by atoms with E-state index < -0.39 is 23.2 Å². The van der Waals surface area contributed by atoms with Gasteiger partial charge in [0, 0.05) is 11.3 Å². The van der Waals surface area contributed by atoms with Crippen molar-refractivity contribution in [3.63, 3.8) is 0 Å². The van der Waals surface area contributed by atoms with Gasteiger partial charge in [0.15, 0.2) is 0 Å². The Morgan fingerprint density at radius 3 is 2.60 bits per heavy atom. The molecule has 2 unspecified atom stereocenters. The van der Waals surface area contributed by atoms with Gasteiger partial charge in [-0.25, -0.2) is 0 Å². The van der Waals surface area contributed by atoms with Gasteiger partial charge in [-0.3, -0.25) is 13.7 Å². The van der Waals surface area contributed by atoms with Crippen molar-refractivity contribution >= 4 is 17.2 Å². The average molecular weight is 227 g/mol. The van der Waals surface area contributed by atoms with Crippen molar-refractivity contribution in [2.45, 2.75) is 12.5 Å². The Labute approximate surface area is 90.1 Å². The zero-order valence-corrected chi connectivity index (χ0v) is 8.70. The van der Waals surface area contributed by atoms with Crippen LogP contribution in [0, 0.1) is 0 Å². The summed E-state index contributed by atoms with van der Waals surface area (Å²) < 4.78 is 22.1. The van der Waals surface area contributed by atoms with Crippen LogP contribution in [0.5, 0.6) is 0 Å². The van der Waals surface area contributed by atoms with Gasteiger partial charge < -0.3 is 10.3 Å². The molecule has 15 heavy (non-hydrogen) atoms. The minimum absolute atomic E-state index is 0.309. The van der Waals surface area contributed by atoms with Crippen LogP contribution in [0.4, 0.5) is 0 Å². The Hall–Kier alpha value is -1.24. The first-order chi connectivity index (χ1) is 7.09. The highest BCUT2D eigenvalue weighted by molar-refractivity contribution is 7.77. The molecule has 0 fully saturated rings. The fourth-order valence-electron chi connectivity index (χ4n) is 1.12. The monoisotopic (exact) mass is 227 g/mol. The Balaban J connectivity index is 2.52. The van der Waals surface area contributed by atoms with E-state index in [2.05, 4.69) is 0 Å². The highest BCUT2D eigenvalue weighted by Gasteiger charge is 2.13. The SMILES string of the molecule is NC(Cc1ccccc1)C(=O)NS(=O)[O-]. The van der Waals surface area contributed by atoms with Crippen molar-refractivity contribution in [3.8, 4) is 0 Å². The van der Waals surface area contributed by atoms with E-state index in [9.17, 15) is 13.6 Å². The van der Waals surface area contributed by atoms with E-state index in [-0.39, 0.29) is 0 Å². The van der Waals surface area contributed by atoms with Crippen molar-refractivity contribution < 1.29 is 13.6 Å². The molecular formula is C9H11N2O3S-. The van der Waals surface area contributed by atoms with Gasteiger partial charge in [0.1, 0.15) is 0 Å². The van der Waals surface area contributed by atoms with Crippen LogP contribution in [-0.4, -0.2) is 20.7 Å². The number of benzene rings is 1. The minimum Gasteiger partial charge on any atom is -0.755 e. The quantitative estimate of drug-likeness (QED) is 0.676. The summed E-state index contributed by atoms with van der Waals surface area (Å²) in [7, 11) is 0. The van der Waals surface area contributed by atoms with Crippen LogP contribution < -0.4 is 10.5 Å². The molecule has 0 heterocycles. The van der Waals surface area contributed by atoms with Crippen molar-refractivity contribution in [2.75, 3.05) is 0 Å². The van der Waals surface area contributed by atoms with Gasteiger partial charge in [0.25, 0.3) is 0 Å². The molecule has 3 N–H and O–H groups in total. The topological polar surface area (TPSA) is 95.2 Å². The fourth-order valence-corrected chi connectivity index (χ4v) is 1.43. The van der Waals surface area contributed by atoms with E-state index in [0.29, 0.717) is 6.42 Å². The molecule has 0 bridgehead atoms. The summed E-state index contributed by atoms with van der Waals surface area (Å²) in [6.07, 6.45) is 0.309. The van der Waals surface area contributed by atoms with Crippen molar-refractivity contribution in [3.05, 3.63) is 35.9 Å². The smallest absolute Gasteiger partial charge is 0.248 e. The number of amides is 1. The third kappa shape index (κ3) is 4.20. The highest BCUT2D eigenvalue weighted by Crippen LogP contribution is 2.01. The van der Waals surface area contributed by atoms with Gasteiger partial charge >= 0.3 is 0 Å². The molecule has 1 amide bonds. The lowest BCUT2D eigenvalue weighted by atomic mass is 10.1. The van der Waals surface area contributed by atoms with E-state index >= 15 is 0 Å². The van der Waals surface area contributed by atoms with E-state index in [1.807, 2.05) is 30.3 Å². The van der Waals surface area contributed by atoms with Gasteiger partial charge in [-0.1, -0.05) is 30.3 Å². The van der Waals surface area contributed by atoms with Gasteiger partial charge in [0.2, 0.25) is 5.91 Å². The van der Waals surface area contributed by atoms with Crippen LogP contribution >= 0.6 is 0 Å².